The van der Waals surface area contributed by atoms with Gasteiger partial charge in [0, 0.05) is 42.9 Å². The molecule has 0 unspecified atom stereocenters. The summed E-state index contributed by atoms with van der Waals surface area (Å²) < 4.78 is 1.91. The largest absolute Gasteiger partial charge is 0.369 e. The fourth-order valence-electron chi connectivity index (χ4n) is 4.29. The number of carbonyl (C=O) groups excluding carboxylic acids is 1. The molecule has 8 heteroatoms. The van der Waals surface area contributed by atoms with Crippen LogP contribution in [0.4, 0.5) is 11.5 Å². The minimum absolute atomic E-state index is 0.0772. The van der Waals surface area contributed by atoms with Gasteiger partial charge in [-0.05, 0) is 61.4 Å². The number of nitrogens with zero attached hydrogens (tertiary/aromatic N) is 4. The predicted molar refractivity (Wildman–Crippen MR) is 137 cm³/mol. The number of aromatic nitrogens is 4. The molecular weight excluding hydrogens is 444 g/mol. The lowest BCUT2D eigenvalue weighted by molar-refractivity contribution is 0.102. The minimum Gasteiger partial charge on any atom is -0.369 e. The molecule has 0 fully saturated rings. The first-order valence-corrected chi connectivity index (χ1v) is 12.2. The number of pyridine rings is 2. The molecule has 1 atom stereocenters. The van der Waals surface area contributed by atoms with Crippen molar-refractivity contribution in [1.82, 2.24) is 19.7 Å². The molecule has 7 nitrogen and oxygen atoms in total. The van der Waals surface area contributed by atoms with Crippen LogP contribution in [0.25, 0.3) is 11.4 Å². The number of amides is 1. The average Bonchev–Trinajstić information content (AvgIpc) is 3.02. The highest BCUT2D eigenvalue weighted by Crippen LogP contribution is 2.46. The van der Waals surface area contributed by atoms with Gasteiger partial charge in [0.25, 0.3) is 5.91 Å². The van der Waals surface area contributed by atoms with Crippen molar-refractivity contribution in [3.63, 3.8) is 0 Å². The fourth-order valence-corrected chi connectivity index (χ4v) is 5.58. The monoisotopic (exact) mass is 470 g/mol. The smallest absolute Gasteiger partial charge is 0.255 e. The van der Waals surface area contributed by atoms with Crippen LogP contribution in [0.15, 0.2) is 60.9 Å². The number of rotatable bonds is 4. The summed E-state index contributed by atoms with van der Waals surface area (Å²) in [6, 6.07) is 15.5. The maximum atomic E-state index is 12.9. The second-order valence-electron chi connectivity index (χ2n) is 8.29. The van der Waals surface area contributed by atoms with E-state index in [-0.39, 0.29) is 11.2 Å². The van der Waals surface area contributed by atoms with Gasteiger partial charge in [-0.15, -0.1) is 11.8 Å². The third-order valence-corrected chi connectivity index (χ3v) is 7.26. The number of nitrogens with one attached hydrogen (secondary N) is 2. The Morgan fingerprint density at radius 2 is 1.97 bits per heavy atom. The van der Waals surface area contributed by atoms with Gasteiger partial charge < -0.3 is 10.6 Å². The lowest BCUT2D eigenvalue weighted by Crippen LogP contribution is -2.14. The summed E-state index contributed by atoms with van der Waals surface area (Å²) in [6.45, 7) is 4.81. The molecule has 0 saturated heterocycles. The van der Waals surface area contributed by atoms with E-state index in [0.717, 1.165) is 52.0 Å². The fraction of sp³-hybridized carbons (Fsp3) is 0.231. The van der Waals surface area contributed by atoms with E-state index in [1.54, 1.807) is 12.4 Å². The summed E-state index contributed by atoms with van der Waals surface area (Å²) in [5.74, 6) is 1.84. The molecule has 0 radical (unpaired) electrons. The second-order valence-corrected chi connectivity index (χ2v) is 9.50. The lowest BCUT2D eigenvalue weighted by atomic mass is 9.96. The zero-order valence-electron chi connectivity index (χ0n) is 19.4. The van der Waals surface area contributed by atoms with E-state index >= 15 is 0 Å². The first kappa shape index (κ1) is 22.2. The van der Waals surface area contributed by atoms with Gasteiger partial charge in [-0.3, -0.25) is 19.4 Å². The number of aryl methyl sites for hydroxylation is 3. The van der Waals surface area contributed by atoms with Gasteiger partial charge in [0.05, 0.1) is 22.3 Å². The molecule has 5 rings (SSSR count). The van der Waals surface area contributed by atoms with E-state index in [1.807, 2.05) is 72.9 Å². The highest BCUT2D eigenvalue weighted by atomic mass is 32.2. The zero-order valence-corrected chi connectivity index (χ0v) is 20.2. The number of hydrogen-bond donors (Lipinski definition) is 2. The molecule has 0 spiro atoms. The first-order chi connectivity index (χ1) is 16.5. The second kappa shape index (κ2) is 9.30. The third-order valence-electron chi connectivity index (χ3n) is 6.00. The molecule has 2 N–H and O–H groups in total. The molecule has 1 aromatic carbocycles. The van der Waals surface area contributed by atoms with Gasteiger partial charge in [-0.25, -0.2) is 0 Å². The van der Waals surface area contributed by atoms with Crippen LogP contribution in [0.3, 0.4) is 0 Å². The van der Waals surface area contributed by atoms with E-state index in [1.165, 1.54) is 5.56 Å². The van der Waals surface area contributed by atoms with Gasteiger partial charge in [0.2, 0.25) is 0 Å². The highest BCUT2D eigenvalue weighted by Gasteiger charge is 2.30. The van der Waals surface area contributed by atoms with Gasteiger partial charge in [0.15, 0.2) is 0 Å². The van der Waals surface area contributed by atoms with Crippen LogP contribution in [-0.4, -0.2) is 38.0 Å². The lowest BCUT2D eigenvalue weighted by Gasteiger charge is -2.19. The molecule has 172 valence electrons. The number of hydrogen-bond acceptors (Lipinski definition) is 6. The van der Waals surface area contributed by atoms with Gasteiger partial charge in [-0.1, -0.05) is 12.1 Å². The minimum atomic E-state index is -0.142. The predicted octanol–water partition coefficient (Wildman–Crippen LogP) is 4.99. The van der Waals surface area contributed by atoms with Crippen molar-refractivity contribution in [2.45, 2.75) is 19.1 Å². The summed E-state index contributed by atoms with van der Waals surface area (Å²) in [5, 5.41) is 11.4. The number of benzene rings is 1. The van der Waals surface area contributed by atoms with Gasteiger partial charge in [-0.2, -0.15) is 5.10 Å². The van der Waals surface area contributed by atoms with Crippen LogP contribution in [0.2, 0.25) is 0 Å². The van der Waals surface area contributed by atoms with Crippen LogP contribution >= 0.6 is 11.8 Å². The first-order valence-electron chi connectivity index (χ1n) is 11.2. The number of carbonyl (C=O) groups is 1. The number of thioether (sulfide) groups is 1. The van der Waals surface area contributed by atoms with E-state index in [0.29, 0.717) is 5.56 Å². The summed E-state index contributed by atoms with van der Waals surface area (Å²) >= 11 is 1.88. The zero-order chi connectivity index (χ0) is 23.7. The number of fused-ring (bicyclic) bond motifs is 1. The third kappa shape index (κ3) is 4.17. The maximum absolute atomic E-state index is 12.9. The molecular formula is C26H26N6OS. The summed E-state index contributed by atoms with van der Waals surface area (Å²) in [6.07, 6.45) is 3.51. The Bertz CT molecular complexity index is 1350. The van der Waals surface area contributed by atoms with E-state index in [9.17, 15) is 4.79 Å². The molecule has 0 bridgehead atoms. The van der Waals surface area contributed by atoms with Crippen molar-refractivity contribution in [3.05, 3.63) is 88.9 Å². The summed E-state index contributed by atoms with van der Waals surface area (Å²) in [7, 11) is 1.96. The standard InChI is InChI=1S/C26H26N6OS/c1-16-15-18(26(33)30-20-8-6-12-27-17(20)2)9-10-19(16)24-22-23(21-7-4-5-11-28-21)31-32(3)25(22)29-13-14-34-24/h4-12,15,24,29H,13-14H2,1-3H3,(H,30,33)/t24-/m0/s1. The van der Waals surface area contributed by atoms with E-state index < -0.39 is 0 Å². The summed E-state index contributed by atoms with van der Waals surface area (Å²) in [4.78, 5) is 21.7. The quantitative estimate of drug-likeness (QED) is 0.437. The molecule has 1 aliphatic heterocycles. The summed E-state index contributed by atoms with van der Waals surface area (Å²) in [5.41, 5.74) is 7.25. The Kier molecular flexibility index (Phi) is 6.06. The molecule has 4 aromatic rings. The molecule has 0 saturated carbocycles. The molecule has 1 amide bonds. The van der Waals surface area contributed by atoms with Crippen LogP contribution in [-0.2, 0) is 7.05 Å². The Hall–Kier alpha value is -3.65. The molecule has 3 aromatic heterocycles. The highest BCUT2D eigenvalue weighted by molar-refractivity contribution is 7.99. The molecule has 4 heterocycles. The van der Waals surface area contributed by atoms with Crippen LogP contribution in [0.1, 0.15) is 38.0 Å². The normalized spacial score (nSPS) is 15.2. The van der Waals surface area contributed by atoms with Crippen molar-refractivity contribution in [1.29, 1.82) is 0 Å². The van der Waals surface area contributed by atoms with Crippen LogP contribution in [0.5, 0.6) is 0 Å². The van der Waals surface area contributed by atoms with Crippen LogP contribution < -0.4 is 10.6 Å². The van der Waals surface area contributed by atoms with E-state index in [2.05, 4.69) is 33.6 Å². The van der Waals surface area contributed by atoms with Crippen molar-refractivity contribution in [3.8, 4) is 11.4 Å². The molecule has 1 aliphatic rings. The maximum Gasteiger partial charge on any atom is 0.255 e. The van der Waals surface area contributed by atoms with Crippen LogP contribution in [0, 0.1) is 13.8 Å². The molecule has 0 aliphatic carbocycles. The average molecular weight is 471 g/mol. The van der Waals surface area contributed by atoms with Crippen molar-refractivity contribution in [2.75, 3.05) is 22.9 Å². The number of anilines is 2. The Labute approximate surface area is 203 Å². The molecule has 34 heavy (non-hydrogen) atoms. The SMILES string of the molecule is Cc1cc(C(=O)Nc2cccnc2C)ccc1[C@@H]1SCCNc2c1c(-c1ccccn1)nn2C. The van der Waals surface area contributed by atoms with Crippen molar-refractivity contribution in [2.24, 2.45) is 7.05 Å². The Morgan fingerprint density at radius 3 is 2.74 bits per heavy atom. The van der Waals surface area contributed by atoms with Crippen molar-refractivity contribution >= 4 is 29.2 Å². The van der Waals surface area contributed by atoms with Gasteiger partial charge >= 0.3 is 0 Å². The Balaban J connectivity index is 1.52. The Morgan fingerprint density at radius 1 is 1.12 bits per heavy atom. The van der Waals surface area contributed by atoms with Gasteiger partial charge in [0.1, 0.15) is 11.5 Å². The van der Waals surface area contributed by atoms with E-state index in [4.69, 9.17) is 5.10 Å². The topological polar surface area (TPSA) is 84.7 Å². The van der Waals surface area contributed by atoms with Crippen molar-refractivity contribution < 1.29 is 4.79 Å².